The second-order valence-corrected chi connectivity index (χ2v) is 6.25. The number of carbonyl (C=O) groups is 1. The van der Waals surface area contributed by atoms with E-state index in [0.717, 1.165) is 12.1 Å². The normalized spacial score (nSPS) is 12.8. The fourth-order valence-corrected chi connectivity index (χ4v) is 2.60. The van der Waals surface area contributed by atoms with Crippen LogP contribution in [0.25, 0.3) is 0 Å². The second-order valence-electron chi connectivity index (χ2n) is 5.41. The highest BCUT2D eigenvalue weighted by atomic mass is 35.5. The standard InChI is InChI=1S/C17H14Cl2F3NO2/c18-13-5-6-14(19)11(8-13)9-23-15(16(24)25)7-10-1-3-12(4-2-10)17(20,21)22/h1-6,8,15,23H,7,9H2,(H,24,25)/t15-/m0/s1. The van der Waals surface area contributed by atoms with Crippen molar-refractivity contribution in [3.05, 3.63) is 69.2 Å². The molecule has 0 amide bonds. The van der Waals surface area contributed by atoms with Gasteiger partial charge in [-0.1, -0.05) is 35.3 Å². The minimum Gasteiger partial charge on any atom is -0.480 e. The van der Waals surface area contributed by atoms with Crippen molar-refractivity contribution in [2.45, 2.75) is 25.2 Å². The molecule has 0 bridgehead atoms. The summed E-state index contributed by atoms with van der Waals surface area (Å²) in [4.78, 5) is 11.4. The Hall–Kier alpha value is -1.76. The SMILES string of the molecule is O=C(O)[C@H](Cc1ccc(C(F)(F)F)cc1)NCc1cc(Cl)ccc1Cl. The molecule has 2 rings (SSSR count). The van der Waals surface area contributed by atoms with Gasteiger partial charge in [0.05, 0.1) is 5.56 Å². The topological polar surface area (TPSA) is 49.3 Å². The van der Waals surface area contributed by atoms with Crippen LogP contribution in [0.2, 0.25) is 10.0 Å². The molecule has 0 aliphatic carbocycles. The molecule has 0 saturated carbocycles. The molecule has 0 aliphatic rings. The molecule has 0 spiro atoms. The number of carboxylic acid groups (broad SMARTS) is 1. The molecule has 0 aromatic heterocycles. The van der Waals surface area contributed by atoms with Gasteiger partial charge in [-0.05, 0) is 47.9 Å². The number of hydrogen-bond donors (Lipinski definition) is 2. The van der Waals surface area contributed by atoms with Crippen molar-refractivity contribution in [2.24, 2.45) is 0 Å². The second kappa shape index (κ2) is 8.08. The van der Waals surface area contributed by atoms with Gasteiger partial charge in [-0.3, -0.25) is 10.1 Å². The van der Waals surface area contributed by atoms with Crippen LogP contribution < -0.4 is 5.32 Å². The third-order valence-electron chi connectivity index (χ3n) is 3.57. The Labute approximate surface area is 152 Å². The highest BCUT2D eigenvalue weighted by Gasteiger charge is 2.30. The van der Waals surface area contributed by atoms with Crippen LogP contribution in [0.15, 0.2) is 42.5 Å². The van der Waals surface area contributed by atoms with E-state index >= 15 is 0 Å². The van der Waals surface area contributed by atoms with Crippen molar-refractivity contribution in [1.82, 2.24) is 5.32 Å². The summed E-state index contributed by atoms with van der Waals surface area (Å²) in [6.45, 7) is 0.164. The maximum absolute atomic E-state index is 12.6. The lowest BCUT2D eigenvalue weighted by atomic mass is 10.0. The maximum Gasteiger partial charge on any atom is 0.416 e. The molecule has 3 nitrogen and oxygen atoms in total. The van der Waals surface area contributed by atoms with E-state index in [-0.39, 0.29) is 13.0 Å². The van der Waals surface area contributed by atoms with Crippen LogP contribution in [0.1, 0.15) is 16.7 Å². The molecule has 0 unspecified atom stereocenters. The molecule has 2 aromatic rings. The Morgan fingerprint density at radius 3 is 2.32 bits per heavy atom. The molecule has 2 N–H and O–H groups in total. The average molecular weight is 392 g/mol. The van der Waals surface area contributed by atoms with E-state index < -0.39 is 23.8 Å². The summed E-state index contributed by atoms with van der Waals surface area (Å²) in [5.74, 6) is -1.11. The van der Waals surface area contributed by atoms with Gasteiger partial charge >= 0.3 is 12.1 Å². The minimum atomic E-state index is -4.42. The van der Waals surface area contributed by atoms with E-state index in [1.807, 2.05) is 0 Å². The first kappa shape index (κ1) is 19.6. The van der Waals surface area contributed by atoms with E-state index in [4.69, 9.17) is 23.2 Å². The highest BCUT2D eigenvalue weighted by Crippen LogP contribution is 2.29. The van der Waals surface area contributed by atoms with Gasteiger partial charge in [0.2, 0.25) is 0 Å². The van der Waals surface area contributed by atoms with Crippen molar-refractivity contribution < 1.29 is 23.1 Å². The summed E-state index contributed by atoms with van der Waals surface area (Å²) in [5, 5.41) is 13.1. The number of halogens is 5. The quantitative estimate of drug-likeness (QED) is 0.743. The first-order valence-corrected chi connectivity index (χ1v) is 7.98. The Kier molecular flexibility index (Phi) is 6.32. The molecular weight excluding hydrogens is 378 g/mol. The lowest BCUT2D eigenvalue weighted by molar-refractivity contribution is -0.140. The predicted octanol–water partition coefficient (Wildman–Crippen LogP) is 4.80. The Morgan fingerprint density at radius 1 is 1.12 bits per heavy atom. The zero-order valence-electron chi connectivity index (χ0n) is 12.8. The molecule has 0 fully saturated rings. The van der Waals surface area contributed by atoms with Crippen LogP contribution in [0.3, 0.4) is 0 Å². The van der Waals surface area contributed by atoms with E-state index in [0.29, 0.717) is 21.2 Å². The van der Waals surface area contributed by atoms with Gasteiger partial charge in [-0.25, -0.2) is 0 Å². The summed E-state index contributed by atoms with van der Waals surface area (Å²) >= 11 is 11.9. The molecule has 1 atom stereocenters. The first-order valence-electron chi connectivity index (χ1n) is 7.23. The first-order chi connectivity index (χ1) is 11.7. The Balaban J connectivity index is 2.06. The molecule has 8 heteroatoms. The largest absolute Gasteiger partial charge is 0.480 e. The lowest BCUT2D eigenvalue weighted by Gasteiger charge is -2.16. The van der Waals surface area contributed by atoms with Crippen LogP contribution in [0, 0.1) is 0 Å². The third kappa shape index (κ3) is 5.63. The van der Waals surface area contributed by atoms with E-state index in [9.17, 15) is 23.1 Å². The van der Waals surface area contributed by atoms with Crippen molar-refractivity contribution in [1.29, 1.82) is 0 Å². The molecule has 25 heavy (non-hydrogen) atoms. The van der Waals surface area contributed by atoms with Crippen LogP contribution in [0.4, 0.5) is 13.2 Å². The molecule has 0 radical (unpaired) electrons. The van der Waals surface area contributed by atoms with Crippen LogP contribution in [-0.2, 0) is 23.9 Å². The van der Waals surface area contributed by atoms with Crippen molar-refractivity contribution in [2.75, 3.05) is 0 Å². The summed E-state index contributed by atoms with van der Waals surface area (Å²) < 4.78 is 37.7. The molecule has 0 aliphatic heterocycles. The monoisotopic (exact) mass is 391 g/mol. The third-order valence-corrected chi connectivity index (χ3v) is 4.17. The van der Waals surface area contributed by atoms with Gasteiger partial charge in [0.15, 0.2) is 0 Å². The Morgan fingerprint density at radius 2 is 1.76 bits per heavy atom. The summed E-state index contributed by atoms with van der Waals surface area (Å²) in [7, 11) is 0. The zero-order valence-corrected chi connectivity index (χ0v) is 14.3. The van der Waals surface area contributed by atoms with Gasteiger partial charge in [-0.15, -0.1) is 0 Å². The number of alkyl halides is 3. The smallest absolute Gasteiger partial charge is 0.416 e. The summed E-state index contributed by atoms with van der Waals surface area (Å²) in [5.41, 5.74) is 0.333. The molecular formula is C17H14Cl2F3NO2. The summed E-state index contributed by atoms with van der Waals surface area (Å²) in [6.07, 6.45) is -4.39. The number of nitrogens with one attached hydrogen (secondary N) is 1. The van der Waals surface area contributed by atoms with Crippen LogP contribution in [0.5, 0.6) is 0 Å². The van der Waals surface area contributed by atoms with Gasteiger partial charge < -0.3 is 5.11 Å². The fourth-order valence-electron chi connectivity index (χ4n) is 2.22. The number of aliphatic carboxylic acids is 1. The zero-order chi connectivity index (χ0) is 18.6. The van der Waals surface area contributed by atoms with E-state index in [1.165, 1.54) is 12.1 Å². The number of hydrogen-bond acceptors (Lipinski definition) is 2. The Bertz CT molecular complexity index is 749. The van der Waals surface area contributed by atoms with Crippen LogP contribution in [-0.4, -0.2) is 17.1 Å². The van der Waals surface area contributed by atoms with Crippen molar-refractivity contribution in [3.8, 4) is 0 Å². The lowest BCUT2D eigenvalue weighted by Crippen LogP contribution is -2.38. The fraction of sp³-hybridized carbons (Fsp3) is 0.235. The van der Waals surface area contributed by atoms with E-state index in [1.54, 1.807) is 18.2 Å². The summed E-state index contributed by atoms with van der Waals surface area (Å²) in [6, 6.07) is 8.26. The highest BCUT2D eigenvalue weighted by molar-refractivity contribution is 6.33. The number of carboxylic acids is 1. The number of rotatable bonds is 6. The number of benzene rings is 2. The molecule has 0 heterocycles. The van der Waals surface area contributed by atoms with Gasteiger partial charge in [-0.2, -0.15) is 13.2 Å². The average Bonchev–Trinajstić information content (AvgIpc) is 2.53. The predicted molar refractivity (Wildman–Crippen MR) is 89.9 cm³/mol. The van der Waals surface area contributed by atoms with Crippen LogP contribution >= 0.6 is 23.2 Å². The minimum absolute atomic E-state index is 0.0334. The molecule has 2 aromatic carbocycles. The van der Waals surface area contributed by atoms with Gasteiger partial charge in [0, 0.05) is 16.6 Å². The molecule has 0 saturated heterocycles. The van der Waals surface area contributed by atoms with Crippen molar-refractivity contribution in [3.63, 3.8) is 0 Å². The van der Waals surface area contributed by atoms with Gasteiger partial charge in [0.25, 0.3) is 0 Å². The van der Waals surface area contributed by atoms with Gasteiger partial charge in [0.1, 0.15) is 6.04 Å². The maximum atomic E-state index is 12.6. The molecule has 134 valence electrons. The van der Waals surface area contributed by atoms with Crippen molar-refractivity contribution >= 4 is 29.2 Å². The van der Waals surface area contributed by atoms with E-state index in [2.05, 4.69) is 5.32 Å².